The lowest BCUT2D eigenvalue weighted by Gasteiger charge is -2.13. The van der Waals surface area contributed by atoms with Crippen LogP contribution in [-0.4, -0.2) is 16.0 Å². The zero-order valence-electron chi connectivity index (χ0n) is 13.9. The molecule has 26 heavy (non-hydrogen) atoms. The van der Waals surface area contributed by atoms with Gasteiger partial charge in [0.1, 0.15) is 5.02 Å². The van der Waals surface area contributed by atoms with Crippen LogP contribution in [0, 0.1) is 0 Å². The number of nitrogen functional groups attached to an aromatic ring is 1. The van der Waals surface area contributed by atoms with Gasteiger partial charge in [0.05, 0.1) is 10.7 Å². The highest BCUT2D eigenvalue weighted by atomic mass is 35.5. The third-order valence-corrected chi connectivity index (χ3v) is 4.75. The summed E-state index contributed by atoms with van der Waals surface area (Å²) < 4.78 is 0. The summed E-state index contributed by atoms with van der Waals surface area (Å²) >= 11 is 22.8. The van der Waals surface area contributed by atoms with Gasteiger partial charge in [0, 0.05) is 5.69 Å². The molecule has 0 spiro atoms. The number of hydrazine groups is 1. The highest BCUT2D eigenvalue weighted by molar-refractivity contribution is 7.80. The van der Waals surface area contributed by atoms with Gasteiger partial charge in [-0.3, -0.25) is 15.6 Å². The fraction of sp³-hybridized carbons (Fsp3) is 0.188. The summed E-state index contributed by atoms with van der Waals surface area (Å²) in [5, 5.41) is 2.89. The van der Waals surface area contributed by atoms with Gasteiger partial charge in [-0.1, -0.05) is 60.8 Å². The van der Waals surface area contributed by atoms with Crippen molar-refractivity contribution in [2.24, 2.45) is 0 Å². The highest BCUT2D eigenvalue weighted by Gasteiger charge is 2.19. The van der Waals surface area contributed by atoms with E-state index in [1.165, 1.54) is 5.56 Å². The maximum atomic E-state index is 12.2. The van der Waals surface area contributed by atoms with Gasteiger partial charge in [0.2, 0.25) is 0 Å². The number of nitrogens with one attached hydrogen (secondary N) is 3. The molecule has 0 saturated carbocycles. The molecule has 0 aliphatic heterocycles. The first kappa shape index (κ1) is 20.5. The van der Waals surface area contributed by atoms with Gasteiger partial charge < -0.3 is 11.1 Å². The van der Waals surface area contributed by atoms with Gasteiger partial charge in [-0.25, -0.2) is 4.98 Å². The molecular formula is C16H16Cl3N5OS. The van der Waals surface area contributed by atoms with Crippen molar-refractivity contribution in [3.05, 3.63) is 50.7 Å². The minimum atomic E-state index is -0.667. The number of anilines is 2. The Morgan fingerprint density at radius 3 is 2.31 bits per heavy atom. The van der Waals surface area contributed by atoms with Crippen LogP contribution in [0.4, 0.5) is 11.4 Å². The number of benzene rings is 1. The predicted octanol–water partition coefficient (Wildman–Crippen LogP) is 4.38. The number of hydrogen-bond donors (Lipinski definition) is 4. The Morgan fingerprint density at radius 1 is 1.12 bits per heavy atom. The number of amides is 1. The van der Waals surface area contributed by atoms with Gasteiger partial charge in [-0.15, -0.1) is 0 Å². The number of carbonyl (C=O) groups excluding carboxylic acids is 1. The Bertz CT molecular complexity index is 843. The second-order valence-electron chi connectivity index (χ2n) is 5.60. The van der Waals surface area contributed by atoms with Crippen molar-refractivity contribution in [3.63, 3.8) is 0 Å². The zero-order valence-corrected chi connectivity index (χ0v) is 16.9. The minimum absolute atomic E-state index is 0.0109. The number of nitrogens with zero attached hydrogens (tertiary/aromatic N) is 1. The number of nitrogens with two attached hydrogens (primary N) is 1. The monoisotopic (exact) mass is 431 g/mol. The topological polar surface area (TPSA) is 92.1 Å². The molecule has 1 aromatic carbocycles. The van der Waals surface area contributed by atoms with Crippen LogP contribution in [-0.2, 0) is 0 Å². The van der Waals surface area contributed by atoms with E-state index >= 15 is 0 Å². The van der Waals surface area contributed by atoms with Gasteiger partial charge in [0.25, 0.3) is 5.91 Å². The fourth-order valence-electron chi connectivity index (χ4n) is 1.97. The number of aromatic nitrogens is 1. The third-order valence-electron chi connectivity index (χ3n) is 3.41. The molecular weight excluding hydrogens is 417 g/mol. The number of pyridine rings is 1. The second kappa shape index (κ2) is 8.73. The number of hydrogen-bond acceptors (Lipinski definition) is 4. The highest BCUT2D eigenvalue weighted by Crippen LogP contribution is 2.34. The molecule has 0 bridgehead atoms. The lowest BCUT2D eigenvalue weighted by atomic mass is 10.0. The number of thiocarbonyl (C=S) groups is 1. The van der Waals surface area contributed by atoms with E-state index in [9.17, 15) is 4.79 Å². The van der Waals surface area contributed by atoms with E-state index in [2.05, 4.69) is 35.0 Å². The van der Waals surface area contributed by atoms with Crippen LogP contribution in [0.2, 0.25) is 15.2 Å². The van der Waals surface area contributed by atoms with Crippen LogP contribution < -0.4 is 21.9 Å². The lowest BCUT2D eigenvalue weighted by Crippen LogP contribution is -2.44. The number of halogens is 3. The summed E-state index contributed by atoms with van der Waals surface area (Å²) in [5.41, 5.74) is 12.4. The normalized spacial score (nSPS) is 10.5. The van der Waals surface area contributed by atoms with E-state index in [0.29, 0.717) is 5.92 Å². The number of carbonyl (C=O) groups is 1. The van der Waals surface area contributed by atoms with Gasteiger partial charge in [0.15, 0.2) is 16.0 Å². The fourth-order valence-corrected chi connectivity index (χ4v) is 2.73. The molecule has 0 unspecified atom stereocenters. The molecule has 6 nitrogen and oxygen atoms in total. The van der Waals surface area contributed by atoms with Crippen LogP contribution in [0.1, 0.15) is 35.8 Å². The average Bonchev–Trinajstić information content (AvgIpc) is 2.61. The summed E-state index contributed by atoms with van der Waals surface area (Å²) in [6.07, 6.45) is 0. The second-order valence-corrected chi connectivity index (χ2v) is 7.13. The smallest absolute Gasteiger partial charge is 0.289 e. The van der Waals surface area contributed by atoms with Gasteiger partial charge in [-0.05, 0) is 35.8 Å². The maximum absolute atomic E-state index is 12.2. The van der Waals surface area contributed by atoms with Crippen LogP contribution in [0.5, 0.6) is 0 Å². The molecule has 2 rings (SSSR count). The molecule has 1 aromatic heterocycles. The van der Waals surface area contributed by atoms with Gasteiger partial charge in [-0.2, -0.15) is 0 Å². The summed E-state index contributed by atoms with van der Waals surface area (Å²) in [4.78, 5) is 16.0. The molecule has 0 aliphatic rings. The average molecular weight is 433 g/mol. The van der Waals surface area contributed by atoms with E-state index < -0.39 is 5.91 Å². The molecule has 5 N–H and O–H groups in total. The Labute approximate surface area is 171 Å². The zero-order chi connectivity index (χ0) is 19.4. The van der Waals surface area contributed by atoms with Crippen molar-refractivity contribution in [3.8, 4) is 0 Å². The van der Waals surface area contributed by atoms with E-state index in [4.69, 9.17) is 52.8 Å². The largest absolute Gasteiger partial charge is 0.396 e. The minimum Gasteiger partial charge on any atom is -0.396 e. The third kappa shape index (κ3) is 4.88. The van der Waals surface area contributed by atoms with Crippen LogP contribution in [0.15, 0.2) is 24.3 Å². The Morgan fingerprint density at radius 2 is 1.73 bits per heavy atom. The first-order valence-corrected chi connectivity index (χ1v) is 9.02. The lowest BCUT2D eigenvalue weighted by molar-refractivity contribution is 0.0939. The van der Waals surface area contributed by atoms with Crippen molar-refractivity contribution in [1.29, 1.82) is 0 Å². The van der Waals surface area contributed by atoms with Crippen molar-refractivity contribution in [2.45, 2.75) is 19.8 Å². The maximum Gasteiger partial charge on any atom is 0.289 e. The molecule has 2 aromatic rings. The van der Waals surface area contributed by atoms with Crippen LogP contribution >= 0.6 is 47.0 Å². The Hall–Kier alpha value is -1.80. The standard InChI is InChI=1S/C16H16Cl3N5OS/c1-7(2)8-3-5-9(6-4-8)21-16(26)24-23-15(25)13-10(17)12(20)11(18)14(19)22-13/h3-7H,1-2H3,(H2,20,22)(H,23,25)(H2,21,24,26). The van der Waals surface area contributed by atoms with Crippen LogP contribution in [0.25, 0.3) is 0 Å². The van der Waals surface area contributed by atoms with Crippen molar-refractivity contribution in [1.82, 2.24) is 15.8 Å². The molecule has 1 heterocycles. The van der Waals surface area contributed by atoms with Crippen molar-refractivity contribution >= 4 is 69.4 Å². The summed E-state index contributed by atoms with van der Waals surface area (Å²) in [6, 6.07) is 7.78. The molecule has 1 amide bonds. The van der Waals surface area contributed by atoms with Crippen molar-refractivity contribution in [2.75, 3.05) is 11.1 Å². The SMILES string of the molecule is CC(C)c1ccc(NC(=S)NNC(=O)c2nc(Cl)c(Cl)c(N)c2Cl)cc1. The molecule has 0 aliphatic carbocycles. The van der Waals surface area contributed by atoms with E-state index in [-0.39, 0.29) is 31.7 Å². The quantitative estimate of drug-likeness (QED) is 0.327. The number of rotatable bonds is 3. The molecule has 10 heteroatoms. The van der Waals surface area contributed by atoms with Gasteiger partial charge >= 0.3 is 0 Å². The summed E-state index contributed by atoms with van der Waals surface area (Å²) in [6.45, 7) is 4.22. The molecule has 0 saturated heterocycles. The van der Waals surface area contributed by atoms with Crippen LogP contribution in [0.3, 0.4) is 0 Å². The van der Waals surface area contributed by atoms with E-state index in [0.717, 1.165) is 5.69 Å². The molecule has 138 valence electrons. The first-order chi connectivity index (χ1) is 12.2. The molecule has 0 fully saturated rings. The molecule has 0 radical (unpaired) electrons. The summed E-state index contributed by atoms with van der Waals surface area (Å²) in [5.74, 6) is -0.233. The first-order valence-electron chi connectivity index (χ1n) is 7.48. The predicted molar refractivity (Wildman–Crippen MR) is 111 cm³/mol. The van der Waals surface area contributed by atoms with E-state index in [1.54, 1.807) is 0 Å². The van der Waals surface area contributed by atoms with Crippen molar-refractivity contribution < 1.29 is 4.79 Å². The Kier molecular flexibility index (Phi) is 6.88. The summed E-state index contributed by atoms with van der Waals surface area (Å²) in [7, 11) is 0. The molecule has 0 atom stereocenters. The Balaban J connectivity index is 1.98. The van der Waals surface area contributed by atoms with E-state index in [1.807, 2.05) is 24.3 Å².